The van der Waals surface area contributed by atoms with Crippen molar-refractivity contribution in [2.75, 3.05) is 13.7 Å². The molecule has 2 rings (SSSR count). The van der Waals surface area contributed by atoms with Gasteiger partial charge in [-0.3, -0.25) is 0 Å². The summed E-state index contributed by atoms with van der Waals surface area (Å²) in [6.07, 6.45) is 4.92. The average molecular weight is 191 g/mol. The molecule has 1 aliphatic rings. The van der Waals surface area contributed by atoms with Gasteiger partial charge in [0.1, 0.15) is 11.5 Å². The zero-order valence-electron chi connectivity index (χ0n) is 8.40. The van der Waals surface area contributed by atoms with E-state index in [1.807, 2.05) is 24.3 Å². The lowest BCUT2D eigenvalue weighted by atomic mass is 10.3. The maximum absolute atomic E-state index is 5.55. The minimum absolute atomic E-state index is 0.719. The summed E-state index contributed by atoms with van der Waals surface area (Å²) in [4.78, 5) is 0. The van der Waals surface area contributed by atoms with Crippen LogP contribution >= 0.6 is 0 Å². The van der Waals surface area contributed by atoms with Gasteiger partial charge in [0, 0.05) is 6.42 Å². The van der Waals surface area contributed by atoms with E-state index < -0.39 is 0 Å². The second-order valence-corrected chi connectivity index (χ2v) is 3.56. The smallest absolute Gasteiger partial charge is 0.119 e. The maximum atomic E-state index is 5.55. The molecule has 1 aliphatic carbocycles. The van der Waals surface area contributed by atoms with Crippen LogP contribution < -0.4 is 9.47 Å². The van der Waals surface area contributed by atoms with Crippen LogP contribution in [0.1, 0.15) is 12.8 Å². The lowest BCUT2D eigenvalue weighted by Crippen LogP contribution is -1.98. The molecule has 0 aromatic heterocycles. The third kappa shape index (κ3) is 2.66. The van der Waals surface area contributed by atoms with Gasteiger partial charge in [-0.05, 0) is 43.0 Å². The Labute approximate surface area is 84.8 Å². The SMILES string of the molecule is COc1ccc(OC[CH]C2CC2)cc1. The fraction of sp³-hybridized carbons (Fsp3) is 0.417. The van der Waals surface area contributed by atoms with Crippen molar-refractivity contribution in [1.82, 2.24) is 0 Å². The number of rotatable bonds is 5. The summed E-state index contributed by atoms with van der Waals surface area (Å²) in [5.41, 5.74) is 0. The molecule has 0 N–H and O–H groups in total. The summed E-state index contributed by atoms with van der Waals surface area (Å²) < 4.78 is 10.6. The van der Waals surface area contributed by atoms with Gasteiger partial charge in [0.05, 0.1) is 13.7 Å². The fourth-order valence-electron chi connectivity index (χ4n) is 1.28. The quantitative estimate of drug-likeness (QED) is 0.712. The van der Waals surface area contributed by atoms with Crippen LogP contribution in [0.15, 0.2) is 24.3 Å². The Balaban J connectivity index is 1.77. The molecule has 0 amide bonds. The number of ether oxygens (including phenoxy) is 2. The summed E-state index contributed by atoms with van der Waals surface area (Å²) >= 11 is 0. The monoisotopic (exact) mass is 191 g/mol. The Morgan fingerprint density at radius 3 is 2.43 bits per heavy atom. The molecule has 0 saturated heterocycles. The van der Waals surface area contributed by atoms with E-state index in [-0.39, 0.29) is 0 Å². The lowest BCUT2D eigenvalue weighted by molar-refractivity contribution is 0.341. The first-order valence-corrected chi connectivity index (χ1v) is 4.98. The van der Waals surface area contributed by atoms with Crippen LogP contribution in [0.25, 0.3) is 0 Å². The third-order valence-electron chi connectivity index (χ3n) is 2.36. The van der Waals surface area contributed by atoms with Gasteiger partial charge in [-0.1, -0.05) is 0 Å². The van der Waals surface area contributed by atoms with Crippen LogP contribution in [0.2, 0.25) is 0 Å². The Hall–Kier alpha value is -1.18. The van der Waals surface area contributed by atoms with Crippen molar-refractivity contribution < 1.29 is 9.47 Å². The summed E-state index contributed by atoms with van der Waals surface area (Å²) in [6.45, 7) is 0.719. The van der Waals surface area contributed by atoms with Gasteiger partial charge in [0.25, 0.3) is 0 Å². The van der Waals surface area contributed by atoms with Gasteiger partial charge in [-0.25, -0.2) is 0 Å². The second kappa shape index (κ2) is 4.36. The number of methoxy groups -OCH3 is 1. The van der Waals surface area contributed by atoms with E-state index in [9.17, 15) is 0 Å². The molecule has 75 valence electrons. The number of benzene rings is 1. The first kappa shape index (κ1) is 9.38. The van der Waals surface area contributed by atoms with Gasteiger partial charge in [0.2, 0.25) is 0 Å². The predicted molar refractivity (Wildman–Crippen MR) is 55.5 cm³/mol. The highest BCUT2D eigenvalue weighted by atomic mass is 16.5. The van der Waals surface area contributed by atoms with Gasteiger partial charge in [0.15, 0.2) is 0 Å². The van der Waals surface area contributed by atoms with Crippen molar-refractivity contribution in [3.8, 4) is 11.5 Å². The van der Waals surface area contributed by atoms with E-state index in [0.29, 0.717) is 0 Å². The first-order chi connectivity index (χ1) is 6.88. The van der Waals surface area contributed by atoms with E-state index in [2.05, 4.69) is 6.42 Å². The van der Waals surface area contributed by atoms with E-state index in [0.717, 1.165) is 24.0 Å². The molecule has 1 aromatic rings. The number of hydrogen-bond donors (Lipinski definition) is 0. The van der Waals surface area contributed by atoms with Gasteiger partial charge < -0.3 is 9.47 Å². The molecule has 2 heteroatoms. The van der Waals surface area contributed by atoms with Crippen LogP contribution in [-0.4, -0.2) is 13.7 Å². The molecule has 14 heavy (non-hydrogen) atoms. The first-order valence-electron chi connectivity index (χ1n) is 4.98. The fourth-order valence-corrected chi connectivity index (χ4v) is 1.28. The Morgan fingerprint density at radius 1 is 1.21 bits per heavy atom. The lowest BCUT2D eigenvalue weighted by Gasteiger charge is -2.05. The summed E-state index contributed by atoms with van der Waals surface area (Å²) in [7, 11) is 1.66. The van der Waals surface area contributed by atoms with E-state index in [4.69, 9.17) is 9.47 Å². The van der Waals surface area contributed by atoms with Gasteiger partial charge in [-0.2, -0.15) is 0 Å². The molecular weight excluding hydrogens is 176 g/mol. The van der Waals surface area contributed by atoms with Crippen molar-refractivity contribution in [1.29, 1.82) is 0 Å². The molecule has 0 heterocycles. The van der Waals surface area contributed by atoms with E-state index in [1.165, 1.54) is 12.8 Å². The van der Waals surface area contributed by atoms with Crippen molar-refractivity contribution in [3.63, 3.8) is 0 Å². The standard InChI is InChI=1S/C12H15O2/c1-13-11-4-6-12(7-5-11)14-9-8-10-2-3-10/h4-8,10H,2-3,9H2,1H3. The molecule has 0 spiro atoms. The minimum Gasteiger partial charge on any atom is -0.497 e. The topological polar surface area (TPSA) is 18.5 Å². The normalized spacial score (nSPS) is 15.2. The molecule has 0 bridgehead atoms. The van der Waals surface area contributed by atoms with Crippen LogP contribution in [0.4, 0.5) is 0 Å². The molecule has 0 aliphatic heterocycles. The van der Waals surface area contributed by atoms with Crippen molar-refractivity contribution in [2.45, 2.75) is 12.8 Å². The van der Waals surface area contributed by atoms with Gasteiger partial charge >= 0.3 is 0 Å². The molecule has 2 nitrogen and oxygen atoms in total. The molecule has 0 unspecified atom stereocenters. The summed E-state index contributed by atoms with van der Waals surface area (Å²) in [5, 5.41) is 0. The molecular formula is C12H15O2. The molecule has 0 atom stereocenters. The zero-order chi connectivity index (χ0) is 9.80. The zero-order valence-corrected chi connectivity index (χ0v) is 8.40. The largest absolute Gasteiger partial charge is 0.497 e. The highest BCUT2D eigenvalue weighted by molar-refractivity contribution is 5.31. The number of hydrogen-bond acceptors (Lipinski definition) is 2. The molecule has 1 fully saturated rings. The van der Waals surface area contributed by atoms with Crippen LogP contribution in [-0.2, 0) is 0 Å². The van der Waals surface area contributed by atoms with E-state index in [1.54, 1.807) is 7.11 Å². The van der Waals surface area contributed by atoms with E-state index >= 15 is 0 Å². The summed E-state index contributed by atoms with van der Waals surface area (Å²) in [5.74, 6) is 2.58. The van der Waals surface area contributed by atoms with Gasteiger partial charge in [-0.15, -0.1) is 0 Å². The highest BCUT2D eigenvalue weighted by Gasteiger charge is 2.20. The second-order valence-electron chi connectivity index (χ2n) is 3.56. The highest BCUT2D eigenvalue weighted by Crippen LogP contribution is 2.31. The van der Waals surface area contributed by atoms with Crippen molar-refractivity contribution in [2.24, 2.45) is 5.92 Å². The average Bonchev–Trinajstić information content (AvgIpc) is 3.03. The van der Waals surface area contributed by atoms with Crippen molar-refractivity contribution in [3.05, 3.63) is 30.7 Å². The van der Waals surface area contributed by atoms with Crippen LogP contribution in [0.3, 0.4) is 0 Å². The Bertz CT molecular complexity index is 275. The maximum Gasteiger partial charge on any atom is 0.119 e. The summed E-state index contributed by atoms with van der Waals surface area (Å²) in [6, 6.07) is 7.68. The Kier molecular flexibility index (Phi) is 2.92. The molecule has 1 aromatic carbocycles. The van der Waals surface area contributed by atoms with Crippen LogP contribution in [0.5, 0.6) is 11.5 Å². The van der Waals surface area contributed by atoms with Crippen molar-refractivity contribution >= 4 is 0 Å². The molecule has 1 saturated carbocycles. The third-order valence-corrected chi connectivity index (χ3v) is 2.36. The predicted octanol–water partition coefficient (Wildman–Crippen LogP) is 2.69. The van der Waals surface area contributed by atoms with Crippen LogP contribution in [0, 0.1) is 12.3 Å². The minimum atomic E-state index is 0.719. The Morgan fingerprint density at radius 2 is 1.86 bits per heavy atom. The molecule has 1 radical (unpaired) electrons.